The smallest absolute Gasteiger partial charge is 0.259 e. The van der Waals surface area contributed by atoms with Crippen LogP contribution in [0.5, 0.6) is 11.5 Å². The van der Waals surface area contributed by atoms with Crippen LogP contribution in [0, 0.1) is 0 Å². The SMILES string of the molecule is COc1ccccc1OCCN(C)C(=O)CSCc1nc2sc3c(c2c(=O)[nH]1)CCC3. The number of ether oxygens (including phenoxy) is 2. The zero-order valence-corrected chi connectivity index (χ0v) is 19.2. The van der Waals surface area contributed by atoms with Crippen molar-refractivity contribution in [2.45, 2.75) is 25.0 Å². The van der Waals surface area contributed by atoms with E-state index >= 15 is 0 Å². The number of nitrogens with zero attached hydrogens (tertiary/aromatic N) is 2. The lowest BCUT2D eigenvalue weighted by Crippen LogP contribution is -2.32. The fourth-order valence-electron chi connectivity index (χ4n) is 3.62. The van der Waals surface area contributed by atoms with Crippen LogP contribution in [0.15, 0.2) is 29.1 Å². The molecule has 0 radical (unpaired) electrons. The Morgan fingerprint density at radius 2 is 2.10 bits per heavy atom. The van der Waals surface area contributed by atoms with Crippen LogP contribution in [0.25, 0.3) is 10.2 Å². The molecule has 2 heterocycles. The number of amides is 1. The van der Waals surface area contributed by atoms with Crippen molar-refractivity contribution >= 4 is 39.2 Å². The highest BCUT2D eigenvalue weighted by Crippen LogP contribution is 2.34. The molecule has 0 aliphatic heterocycles. The molecule has 0 unspecified atom stereocenters. The van der Waals surface area contributed by atoms with E-state index in [2.05, 4.69) is 9.97 Å². The van der Waals surface area contributed by atoms with Crippen LogP contribution in [-0.4, -0.2) is 53.8 Å². The first-order chi connectivity index (χ1) is 15.1. The molecule has 1 aliphatic carbocycles. The predicted molar refractivity (Wildman–Crippen MR) is 125 cm³/mol. The average molecular weight is 460 g/mol. The Labute approximate surface area is 188 Å². The number of aryl methyl sites for hydroxylation is 2. The summed E-state index contributed by atoms with van der Waals surface area (Å²) in [7, 11) is 3.36. The Kier molecular flexibility index (Phi) is 6.82. The summed E-state index contributed by atoms with van der Waals surface area (Å²) in [5.41, 5.74) is 1.12. The fourth-order valence-corrected chi connectivity index (χ4v) is 5.72. The maximum absolute atomic E-state index is 12.5. The fraction of sp³-hybridized carbons (Fsp3) is 0.409. The van der Waals surface area contributed by atoms with E-state index in [1.807, 2.05) is 24.3 Å². The topological polar surface area (TPSA) is 84.5 Å². The highest BCUT2D eigenvalue weighted by Gasteiger charge is 2.21. The van der Waals surface area contributed by atoms with Crippen LogP contribution < -0.4 is 15.0 Å². The zero-order valence-electron chi connectivity index (χ0n) is 17.6. The van der Waals surface area contributed by atoms with Gasteiger partial charge in [0.2, 0.25) is 5.91 Å². The minimum atomic E-state index is -0.0584. The number of rotatable bonds is 9. The summed E-state index contributed by atoms with van der Waals surface area (Å²) >= 11 is 3.08. The summed E-state index contributed by atoms with van der Waals surface area (Å²) in [6.07, 6.45) is 3.13. The number of para-hydroxylation sites is 2. The Hall–Kier alpha value is -2.52. The zero-order chi connectivity index (χ0) is 21.8. The molecule has 7 nitrogen and oxygen atoms in total. The molecule has 164 valence electrons. The molecule has 1 aliphatic rings. The van der Waals surface area contributed by atoms with Gasteiger partial charge in [-0.3, -0.25) is 9.59 Å². The van der Waals surface area contributed by atoms with Crippen molar-refractivity contribution in [3.8, 4) is 11.5 Å². The Morgan fingerprint density at radius 1 is 1.29 bits per heavy atom. The number of hydrogen-bond acceptors (Lipinski definition) is 7. The molecule has 0 atom stereocenters. The van der Waals surface area contributed by atoms with Crippen molar-refractivity contribution in [3.63, 3.8) is 0 Å². The molecule has 31 heavy (non-hydrogen) atoms. The van der Waals surface area contributed by atoms with Gasteiger partial charge in [-0.05, 0) is 37.0 Å². The molecule has 0 fully saturated rings. The molecule has 0 spiro atoms. The number of hydrogen-bond donors (Lipinski definition) is 1. The summed E-state index contributed by atoms with van der Waals surface area (Å²) in [4.78, 5) is 36.2. The van der Waals surface area contributed by atoms with Gasteiger partial charge in [0.05, 0.1) is 30.5 Å². The number of aromatic amines is 1. The first-order valence-corrected chi connectivity index (χ1v) is 12.1. The molecule has 9 heteroatoms. The number of fused-ring (bicyclic) bond motifs is 3. The highest BCUT2D eigenvalue weighted by atomic mass is 32.2. The van der Waals surface area contributed by atoms with Crippen molar-refractivity contribution in [1.29, 1.82) is 0 Å². The van der Waals surface area contributed by atoms with Crippen molar-refractivity contribution in [3.05, 3.63) is 50.9 Å². The van der Waals surface area contributed by atoms with Gasteiger partial charge in [-0.1, -0.05) is 12.1 Å². The molecule has 1 aromatic carbocycles. The number of nitrogens with one attached hydrogen (secondary N) is 1. The standard InChI is InChI=1S/C22H25N3O4S2/c1-25(10-11-29-16-8-4-3-7-15(16)28-2)19(26)13-30-12-18-23-21(27)20-14-6-5-9-17(14)31-22(20)24-18/h3-4,7-8H,5-6,9-13H2,1-2H3,(H,23,24,27). The van der Waals surface area contributed by atoms with E-state index in [1.54, 1.807) is 30.4 Å². The van der Waals surface area contributed by atoms with E-state index in [0.717, 1.165) is 29.5 Å². The average Bonchev–Trinajstić information content (AvgIpc) is 3.34. The molecule has 4 rings (SSSR count). The third kappa shape index (κ3) is 4.88. The number of benzene rings is 1. The van der Waals surface area contributed by atoms with Gasteiger partial charge < -0.3 is 19.4 Å². The van der Waals surface area contributed by atoms with Crippen LogP contribution in [0.3, 0.4) is 0 Å². The third-order valence-corrected chi connectivity index (χ3v) is 7.38. The maximum Gasteiger partial charge on any atom is 0.259 e. The van der Waals surface area contributed by atoms with E-state index in [4.69, 9.17) is 9.47 Å². The summed E-state index contributed by atoms with van der Waals surface area (Å²) < 4.78 is 11.0. The van der Waals surface area contributed by atoms with Gasteiger partial charge in [-0.2, -0.15) is 0 Å². The summed E-state index contributed by atoms with van der Waals surface area (Å²) in [6.45, 7) is 0.848. The first-order valence-electron chi connectivity index (χ1n) is 10.2. The third-order valence-electron chi connectivity index (χ3n) is 5.27. The Balaban J connectivity index is 1.25. The molecule has 2 aromatic heterocycles. The minimum Gasteiger partial charge on any atom is -0.493 e. The Bertz CT molecular complexity index is 1140. The second-order valence-corrected chi connectivity index (χ2v) is 9.43. The number of thiophene rings is 1. The van der Waals surface area contributed by atoms with Gasteiger partial charge in [-0.15, -0.1) is 23.1 Å². The maximum atomic E-state index is 12.5. The normalized spacial score (nSPS) is 12.7. The van der Waals surface area contributed by atoms with Crippen LogP contribution in [0.1, 0.15) is 22.7 Å². The van der Waals surface area contributed by atoms with Gasteiger partial charge in [-0.25, -0.2) is 4.98 Å². The van der Waals surface area contributed by atoms with Crippen molar-refractivity contribution in [2.24, 2.45) is 0 Å². The van der Waals surface area contributed by atoms with Crippen molar-refractivity contribution < 1.29 is 14.3 Å². The van der Waals surface area contributed by atoms with E-state index in [-0.39, 0.29) is 11.5 Å². The number of H-pyrrole nitrogens is 1. The monoisotopic (exact) mass is 459 g/mol. The van der Waals surface area contributed by atoms with Gasteiger partial charge in [0, 0.05) is 11.9 Å². The number of methoxy groups -OCH3 is 1. The molecule has 0 saturated heterocycles. The van der Waals surface area contributed by atoms with Crippen LogP contribution in [-0.2, 0) is 23.4 Å². The van der Waals surface area contributed by atoms with E-state index < -0.39 is 0 Å². The largest absolute Gasteiger partial charge is 0.493 e. The lowest BCUT2D eigenvalue weighted by molar-refractivity contribution is -0.127. The first kappa shape index (κ1) is 21.7. The van der Waals surface area contributed by atoms with Crippen LogP contribution in [0.2, 0.25) is 0 Å². The summed E-state index contributed by atoms with van der Waals surface area (Å²) in [5, 5.41) is 0.761. The molecule has 1 amide bonds. The van der Waals surface area contributed by atoms with Crippen molar-refractivity contribution in [1.82, 2.24) is 14.9 Å². The quantitative estimate of drug-likeness (QED) is 0.529. The van der Waals surface area contributed by atoms with Gasteiger partial charge in [0.25, 0.3) is 5.56 Å². The summed E-state index contributed by atoms with van der Waals surface area (Å²) in [5.74, 6) is 2.76. The minimum absolute atomic E-state index is 0.00662. The van der Waals surface area contributed by atoms with Crippen molar-refractivity contribution in [2.75, 3.05) is 33.1 Å². The lowest BCUT2D eigenvalue weighted by Gasteiger charge is -2.18. The van der Waals surface area contributed by atoms with Crippen LogP contribution in [0.4, 0.5) is 0 Å². The molecular formula is C22H25N3O4S2. The molecule has 0 bridgehead atoms. The molecule has 3 aromatic rings. The van der Waals surface area contributed by atoms with Gasteiger partial charge in [0.1, 0.15) is 17.3 Å². The van der Waals surface area contributed by atoms with E-state index in [0.29, 0.717) is 42.0 Å². The van der Waals surface area contributed by atoms with E-state index in [1.165, 1.54) is 22.2 Å². The highest BCUT2D eigenvalue weighted by molar-refractivity contribution is 7.99. The number of thioether (sulfide) groups is 1. The van der Waals surface area contributed by atoms with Crippen LogP contribution >= 0.6 is 23.1 Å². The number of carbonyl (C=O) groups excluding carboxylic acids is 1. The molecule has 0 saturated carbocycles. The number of likely N-dealkylation sites (N-methyl/N-ethyl adjacent to an activating group) is 1. The molecular weight excluding hydrogens is 434 g/mol. The number of aromatic nitrogens is 2. The second kappa shape index (κ2) is 9.74. The lowest BCUT2D eigenvalue weighted by atomic mass is 10.2. The Morgan fingerprint density at radius 3 is 2.90 bits per heavy atom. The van der Waals surface area contributed by atoms with Gasteiger partial charge in [0.15, 0.2) is 11.5 Å². The predicted octanol–water partition coefficient (Wildman–Crippen LogP) is 3.25. The summed E-state index contributed by atoms with van der Waals surface area (Å²) in [6, 6.07) is 7.43. The second-order valence-electron chi connectivity index (χ2n) is 7.36. The van der Waals surface area contributed by atoms with E-state index in [9.17, 15) is 9.59 Å². The number of carbonyl (C=O) groups is 1. The van der Waals surface area contributed by atoms with Gasteiger partial charge >= 0.3 is 0 Å². The molecule has 1 N–H and O–H groups in total.